The van der Waals surface area contributed by atoms with Crippen molar-refractivity contribution in [3.8, 4) is 0 Å². The number of nitrogens with two attached hydrogens (primary N) is 1. The first kappa shape index (κ1) is 11.1. The highest BCUT2D eigenvalue weighted by atomic mass is 127. The van der Waals surface area contributed by atoms with E-state index in [1.54, 1.807) is 12.4 Å². The van der Waals surface area contributed by atoms with Gasteiger partial charge >= 0.3 is 0 Å². The molecule has 15 heavy (non-hydrogen) atoms. The van der Waals surface area contributed by atoms with Crippen molar-refractivity contribution in [1.29, 1.82) is 0 Å². The van der Waals surface area contributed by atoms with E-state index >= 15 is 0 Å². The first-order chi connectivity index (χ1) is 7.14. The van der Waals surface area contributed by atoms with E-state index in [0.29, 0.717) is 18.4 Å². The quantitative estimate of drug-likeness (QED) is 0.828. The monoisotopic (exact) mass is 318 g/mol. The zero-order valence-corrected chi connectivity index (χ0v) is 10.9. The molecule has 1 aliphatic rings. The van der Waals surface area contributed by atoms with Crippen LogP contribution in [-0.4, -0.2) is 22.1 Å². The molecule has 1 aromatic rings. The molecule has 82 valence electrons. The Morgan fingerprint density at radius 1 is 1.53 bits per heavy atom. The van der Waals surface area contributed by atoms with E-state index in [4.69, 9.17) is 5.73 Å². The molecular formula is C10H15IN4. The van der Waals surface area contributed by atoms with Crippen LogP contribution >= 0.6 is 22.6 Å². The highest BCUT2D eigenvalue weighted by Crippen LogP contribution is 2.40. The Kier molecular flexibility index (Phi) is 3.11. The standard InChI is InChI=1S/C10H15IN4/c1-10(6-12,7-2-3-7)15-9-13-4-8(11)5-14-9/h4-5,7H,2-3,6,12H2,1H3,(H,13,14,15). The van der Waals surface area contributed by atoms with Crippen LogP contribution in [0, 0.1) is 9.49 Å². The number of halogens is 1. The maximum Gasteiger partial charge on any atom is 0.223 e. The highest BCUT2D eigenvalue weighted by molar-refractivity contribution is 14.1. The molecule has 1 unspecified atom stereocenters. The molecule has 0 amide bonds. The van der Waals surface area contributed by atoms with Crippen molar-refractivity contribution in [3.63, 3.8) is 0 Å². The smallest absolute Gasteiger partial charge is 0.223 e. The first-order valence-corrected chi connectivity index (χ1v) is 6.18. The van der Waals surface area contributed by atoms with Crippen molar-refractivity contribution in [3.05, 3.63) is 16.0 Å². The fourth-order valence-electron chi connectivity index (χ4n) is 1.67. The fourth-order valence-corrected chi connectivity index (χ4v) is 1.95. The summed E-state index contributed by atoms with van der Waals surface area (Å²) in [5, 5.41) is 3.34. The Hall–Kier alpha value is -0.430. The number of nitrogens with zero attached hydrogens (tertiary/aromatic N) is 2. The molecule has 3 N–H and O–H groups in total. The Bertz CT molecular complexity index is 336. The van der Waals surface area contributed by atoms with Crippen LogP contribution in [0.15, 0.2) is 12.4 Å². The molecule has 1 atom stereocenters. The van der Waals surface area contributed by atoms with Crippen molar-refractivity contribution < 1.29 is 0 Å². The second-order valence-electron chi connectivity index (χ2n) is 4.25. The molecule has 0 spiro atoms. The molecule has 0 radical (unpaired) electrons. The van der Waals surface area contributed by atoms with Crippen LogP contribution in [0.2, 0.25) is 0 Å². The lowest BCUT2D eigenvalue weighted by Crippen LogP contribution is -2.45. The zero-order valence-electron chi connectivity index (χ0n) is 8.70. The highest BCUT2D eigenvalue weighted by Gasteiger charge is 2.40. The lowest BCUT2D eigenvalue weighted by Gasteiger charge is -2.29. The van der Waals surface area contributed by atoms with Crippen molar-refractivity contribution in [2.45, 2.75) is 25.3 Å². The first-order valence-electron chi connectivity index (χ1n) is 5.10. The van der Waals surface area contributed by atoms with E-state index < -0.39 is 0 Å². The van der Waals surface area contributed by atoms with Gasteiger partial charge in [-0.05, 0) is 48.3 Å². The van der Waals surface area contributed by atoms with Crippen molar-refractivity contribution in [2.75, 3.05) is 11.9 Å². The molecule has 0 aliphatic heterocycles. The average molecular weight is 318 g/mol. The van der Waals surface area contributed by atoms with Crippen LogP contribution in [0.4, 0.5) is 5.95 Å². The van der Waals surface area contributed by atoms with Gasteiger partial charge in [-0.15, -0.1) is 0 Å². The van der Waals surface area contributed by atoms with Gasteiger partial charge in [0.25, 0.3) is 0 Å². The molecule has 1 saturated carbocycles. The Morgan fingerprint density at radius 2 is 2.13 bits per heavy atom. The van der Waals surface area contributed by atoms with Gasteiger partial charge in [0.1, 0.15) is 0 Å². The lowest BCUT2D eigenvalue weighted by atomic mass is 9.96. The SMILES string of the molecule is CC(CN)(Nc1ncc(I)cn1)C1CC1. The molecule has 0 bridgehead atoms. The van der Waals surface area contributed by atoms with Crippen molar-refractivity contribution >= 4 is 28.5 Å². The van der Waals surface area contributed by atoms with Gasteiger partial charge in [-0.1, -0.05) is 0 Å². The summed E-state index contributed by atoms with van der Waals surface area (Å²) in [6, 6.07) is 0. The molecule has 1 heterocycles. The third-order valence-electron chi connectivity index (χ3n) is 2.92. The van der Waals surface area contributed by atoms with Crippen molar-refractivity contribution in [1.82, 2.24) is 9.97 Å². The van der Waals surface area contributed by atoms with Gasteiger partial charge in [0, 0.05) is 22.5 Å². The summed E-state index contributed by atoms with van der Waals surface area (Å²) in [4.78, 5) is 8.47. The fraction of sp³-hybridized carbons (Fsp3) is 0.600. The summed E-state index contributed by atoms with van der Waals surface area (Å²) in [7, 11) is 0. The number of nitrogens with one attached hydrogen (secondary N) is 1. The Balaban J connectivity index is 2.09. The molecule has 4 nitrogen and oxygen atoms in total. The summed E-state index contributed by atoms with van der Waals surface area (Å²) < 4.78 is 1.04. The minimum Gasteiger partial charge on any atom is -0.348 e. The molecule has 5 heteroatoms. The molecule has 0 aromatic carbocycles. The Labute approximate surface area is 103 Å². The third kappa shape index (κ3) is 2.57. The molecule has 1 aromatic heterocycles. The van der Waals surface area contributed by atoms with Crippen molar-refractivity contribution in [2.24, 2.45) is 11.7 Å². The van der Waals surface area contributed by atoms with E-state index in [9.17, 15) is 0 Å². The van der Waals surface area contributed by atoms with Gasteiger partial charge in [0.05, 0.1) is 5.54 Å². The minimum absolute atomic E-state index is 0.0488. The van der Waals surface area contributed by atoms with Gasteiger partial charge in [-0.25, -0.2) is 9.97 Å². The number of rotatable bonds is 4. The van der Waals surface area contributed by atoms with Crippen LogP contribution in [0.1, 0.15) is 19.8 Å². The molecular weight excluding hydrogens is 303 g/mol. The number of hydrogen-bond donors (Lipinski definition) is 2. The topological polar surface area (TPSA) is 63.8 Å². The largest absolute Gasteiger partial charge is 0.348 e. The third-order valence-corrected chi connectivity index (χ3v) is 3.48. The van der Waals surface area contributed by atoms with E-state index in [1.165, 1.54) is 12.8 Å². The van der Waals surface area contributed by atoms with Gasteiger partial charge in [-0.2, -0.15) is 0 Å². The summed E-state index contributed by atoms with van der Waals surface area (Å²) in [5.41, 5.74) is 5.76. The maximum atomic E-state index is 5.81. The summed E-state index contributed by atoms with van der Waals surface area (Å²) in [5.74, 6) is 1.35. The van der Waals surface area contributed by atoms with Crippen LogP contribution in [0.5, 0.6) is 0 Å². The maximum absolute atomic E-state index is 5.81. The molecule has 1 aliphatic carbocycles. The zero-order chi connectivity index (χ0) is 10.9. The van der Waals surface area contributed by atoms with Gasteiger partial charge < -0.3 is 11.1 Å². The summed E-state index contributed by atoms with van der Waals surface area (Å²) in [6.07, 6.45) is 6.12. The predicted octanol–water partition coefficient (Wildman–Crippen LogP) is 1.62. The second-order valence-corrected chi connectivity index (χ2v) is 5.49. The van der Waals surface area contributed by atoms with Crippen LogP contribution in [0.25, 0.3) is 0 Å². The van der Waals surface area contributed by atoms with Gasteiger partial charge in [-0.3, -0.25) is 0 Å². The minimum atomic E-state index is -0.0488. The summed E-state index contributed by atoms with van der Waals surface area (Å²) in [6.45, 7) is 2.76. The number of aromatic nitrogens is 2. The molecule has 2 rings (SSSR count). The number of hydrogen-bond acceptors (Lipinski definition) is 4. The summed E-state index contributed by atoms with van der Waals surface area (Å²) >= 11 is 2.19. The van der Waals surface area contributed by atoms with Crippen LogP contribution < -0.4 is 11.1 Å². The van der Waals surface area contributed by atoms with E-state index in [1.807, 2.05) is 0 Å². The van der Waals surface area contributed by atoms with Gasteiger partial charge in [0.15, 0.2) is 0 Å². The van der Waals surface area contributed by atoms with E-state index in [2.05, 4.69) is 44.8 Å². The van der Waals surface area contributed by atoms with Crippen LogP contribution in [0.3, 0.4) is 0 Å². The lowest BCUT2D eigenvalue weighted by molar-refractivity contribution is 0.456. The second kappa shape index (κ2) is 4.21. The predicted molar refractivity (Wildman–Crippen MR) is 68.6 cm³/mol. The number of anilines is 1. The molecule has 1 fully saturated rings. The van der Waals surface area contributed by atoms with E-state index in [-0.39, 0.29) is 5.54 Å². The van der Waals surface area contributed by atoms with Gasteiger partial charge in [0.2, 0.25) is 5.95 Å². The average Bonchev–Trinajstić information content (AvgIpc) is 3.05. The van der Waals surface area contributed by atoms with E-state index in [0.717, 1.165) is 3.57 Å². The normalized spacial score (nSPS) is 19.7. The Morgan fingerprint density at radius 3 is 2.60 bits per heavy atom. The van der Waals surface area contributed by atoms with Crippen LogP contribution in [-0.2, 0) is 0 Å². The molecule has 0 saturated heterocycles.